The minimum absolute atomic E-state index is 0.166. The quantitative estimate of drug-likeness (QED) is 0.414. The number of fused-ring (bicyclic) bond motifs is 1. The number of aliphatic hydroxyl groups excluding tert-OH is 1. The lowest BCUT2D eigenvalue weighted by Gasteiger charge is -2.23. The molecular formula is C20H24ClFN6O3. The Balaban J connectivity index is 1.94. The zero-order chi connectivity index (χ0) is 22.8. The topological polar surface area (TPSA) is 125 Å². The van der Waals surface area contributed by atoms with E-state index in [4.69, 9.17) is 11.6 Å². The molecule has 0 aliphatic heterocycles. The summed E-state index contributed by atoms with van der Waals surface area (Å²) in [6.07, 6.45) is 4.39. The number of pyridine rings is 1. The molecule has 0 fully saturated rings. The fourth-order valence-corrected chi connectivity index (χ4v) is 2.92. The highest BCUT2D eigenvalue weighted by atomic mass is 35.5. The van der Waals surface area contributed by atoms with Crippen molar-refractivity contribution < 1.29 is 19.4 Å². The molecule has 9 nitrogen and oxygen atoms in total. The second-order valence-electron chi connectivity index (χ2n) is 7.77. The summed E-state index contributed by atoms with van der Waals surface area (Å²) in [5, 5.41) is 29.3. The molecule has 3 aromatic rings. The van der Waals surface area contributed by atoms with Crippen molar-refractivity contribution in [3.63, 3.8) is 0 Å². The lowest BCUT2D eigenvalue weighted by Crippen LogP contribution is -2.42. The number of hydrogen-bond acceptors (Lipinski definition) is 7. The summed E-state index contributed by atoms with van der Waals surface area (Å²) in [6, 6.07) is 1.28. The highest BCUT2D eigenvalue weighted by Crippen LogP contribution is 2.27. The molecule has 0 unspecified atom stereocenters. The van der Waals surface area contributed by atoms with Crippen LogP contribution in [0.4, 0.5) is 10.1 Å². The molecule has 11 heteroatoms. The molecule has 2 atom stereocenters. The van der Waals surface area contributed by atoms with Crippen molar-refractivity contribution in [2.45, 2.75) is 38.6 Å². The van der Waals surface area contributed by atoms with Crippen molar-refractivity contribution in [3.05, 3.63) is 41.4 Å². The molecule has 1 amide bonds. The van der Waals surface area contributed by atoms with Gasteiger partial charge in [0, 0.05) is 18.4 Å². The first-order valence-electron chi connectivity index (χ1n) is 9.61. The molecule has 0 aliphatic rings. The van der Waals surface area contributed by atoms with Crippen LogP contribution in [0, 0.1) is 0 Å². The van der Waals surface area contributed by atoms with Gasteiger partial charge in [0.25, 0.3) is 5.91 Å². The summed E-state index contributed by atoms with van der Waals surface area (Å²) < 4.78 is 15.5. The Morgan fingerprint density at radius 1 is 1.32 bits per heavy atom. The molecule has 0 saturated carbocycles. The first-order valence-corrected chi connectivity index (χ1v) is 9.99. The largest absolute Gasteiger partial charge is 0.394 e. The van der Waals surface area contributed by atoms with Gasteiger partial charge in [0.2, 0.25) is 0 Å². The molecule has 0 bridgehead atoms. The van der Waals surface area contributed by atoms with E-state index in [1.165, 1.54) is 30.8 Å². The van der Waals surface area contributed by atoms with Gasteiger partial charge in [0.05, 0.1) is 58.7 Å². The number of carbonyl (C=O) groups excluding carboxylic acids is 1. The number of carbonyl (C=O) groups is 1. The molecule has 0 aliphatic carbocycles. The number of halogens is 2. The van der Waals surface area contributed by atoms with Gasteiger partial charge in [-0.2, -0.15) is 5.10 Å². The van der Waals surface area contributed by atoms with E-state index in [9.17, 15) is 19.4 Å². The van der Waals surface area contributed by atoms with Crippen LogP contribution in [0.25, 0.3) is 16.9 Å². The lowest BCUT2D eigenvalue weighted by molar-refractivity contribution is -0.00177. The zero-order valence-electron chi connectivity index (χ0n) is 17.3. The second kappa shape index (κ2) is 9.13. The monoisotopic (exact) mass is 450 g/mol. The maximum atomic E-state index is 14.0. The van der Waals surface area contributed by atoms with Gasteiger partial charge in [-0.05, 0) is 26.8 Å². The Kier molecular flexibility index (Phi) is 6.73. The van der Waals surface area contributed by atoms with Crippen molar-refractivity contribution in [3.8, 4) is 11.3 Å². The third-order valence-corrected chi connectivity index (χ3v) is 4.83. The maximum Gasteiger partial charge on any atom is 0.255 e. The molecule has 0 saturated heterocycles. The van der Waals surface area contributed by atoms with Gasteiger partial charge in [-0.25, -0.2) is 13.9 Å². The summed E-state index contributed by atoms with van der Waals surface area (Å²) in [6.45, 7) is 3.87. The average Bonchev–Trinajstić information content (AvgIpc) is 3.13. The smallest absolute Gasteiger partial charge is 0.255 e. The Hall–Kier alpha value is -2.82. The van der Waals surface area contributed by atoms with Crippen LogP contribution < -0.4 is 10.6 Å². The Morgan fingerprint density at radius 2 is 2.06 bits per heavy atom. The predicted octanol–water partition coefficient (Wildman–Crippen LogP) is 2.08. The fraction of sp³-hybridized carbons (Fsp3) is 0.400. The number of aromatic nitrogens is 4. The van der Waals surface area contributed by atoms with Crippen molar-refractivity contribution in [1.29, 1.82) is 0 Å². The zero-order valence-corrected chi connectivity index (χ0v) is 18.1. The van der Waals surface area contributed by atoms with E-state index in [-0.39, 0.29) is 24.8 Å². The van der Waals surface area contributed by atoms with Crippen LogP contribution in [0.15, 0.2) is 30.9 Å². The number of nitrogens with zero attached hydrogens (tertiary/aromatic N) is 4. The molecular weight excluding hydrogens is 427 g/mol. The van der Waals surface area contributed by atoms with Crippen LogP contribution in [0.2, 0.25) is 5.02 Å². The van der Waals surface area contributed by atoms with E-state index in [0.29, 0.717) is 27.6 Å². The predicted molar refractivity (Wildman–Crippen MR) is 115 cm³/mol. The number of aliphatic hydroxyl groups is 2. The van der Waals surface area contributed by atoms with Crippen LogP contribution >= 0.6 is 11.6 Å². The molecule has 0 spiro atoms. The van der Waals surface area contributed by atoms with E-state index in [2.05, 4.69) is 25.7 Å². The van der Waals surface area contributed by atoms with Gasteiger partial charge < -0.3 is 20.8 Å². The third kappa shape index (κ3) is 5.27. The van der Waals surface area contributed by atoms with Crippen LogP contribution in [0.1, 0.15) is 31.1 Å². The average molecular weight is 451 g/mol. The highest BCUT2D eigenvalue weighted by molar-refractivity contribution is 6.30. The Labute approximate surface area is 183 Å². The van der Waals surface area contributed by atoms with Gasteiger partial charge in [-0.3, -0.25) is 9.78 Å². The standard InChI is InChI=1S/C20H24ClFN6O3/c1-11(10-29)27-16-4-15(13-7-26-28-9-12(21)5-24-18(13)28)23-6-14(16)19(30)25-8-17(22)20(2,3)31/h4-7,9,11,17,29,31H,8,10H2,1-3H3,(H,23,27)(H,25,30)/t11-,17+/m0/s1. The maximum absolute atomic E-state index is 14.0. The molecule has 3 rings (SSSR count). The number of amides is 1. The minimum Gasteiger partial charge on any atom is -0.394 e. The molecule has 3 heterocycles. The van der Waals surface area contributed by atoms with E-state index in [1.54, 1.807) is 25.4 Å². The van der Waals surface area contributed by atoms with Gasteiger partial charge in [0.15, 0.2) is 5.65 Å². The molecule has 166 valence electrons. The molecule has 0 aromatic carbocycles. The number of rotatable bonds is 8. The normalized spacial score (nSPS) is 13.8. The third-order valence-electron chi connectivity index (χ3n) is 4.63. The van der Waals surface area contributed by atoms with E-state index >= 15 is 0 Å². The van der Waals surface area contributed by atoms with Crippen LogP contribution in [-0.4, -0.2) is 66.7 Å². The van der Waals surface area contributed by atoms with Crippen LogP contribution in [0.3, 0.4) is 0 Å². The van der Waals surface area contributed by atoms with Crippen LogP contribution in [-0.2, 0) is 0 Å². The van der Waals surface area contributed by atoms with Crippen LogP contribution in [0.5, 0.6) is 0 Å². The van der Waals surface area contributed by atoms with Gasteiger partial charge in [-0.1, -0.05) is 11.6 Å². The van der Waals surface area contributed by atoms with Gasteiger partial charge in [-0.15, -0.1) is 0 Å². The summed E-state index contributed by atoms with van der Waals surface area (Å²) in [5.74, 6) is -0.566. The van der Waals surface area contributed by atoms with Gasteiger partial charge in [0.1, 0.15) is 6.17 Å². The summed E-state index contributed by atoms with van der Waals surface area (Å²) in [7, 11) is 0. The summed E-state index contributed by atoms with van der Waals surface area (Å²) in [5.41, 5.74) is 0.626. The second-order valence-corrected chi connectivity index (χ2v) is 8.21. The first kappa shape index (κ1) is 22.9. The van der Waals surface area contributed by atoms with Gasteiger partial charge >= 0.3 is 0 Å². The first-order chi connectivity index (χ1) is 14.6. The Bertz CT molecular complexity index is 1080. The number of hydrogen-bond donors (Lipinski definition) is 4. The van der Waals surface area contributed by atoms with E-state index in [1.807, 2.05) is 0 Å². The summed E-state index contributed by atoms with van der Waals surface area (Å²) in [4.78, 5) is 21.3. The summed E-state index contributed by atoms with van der Waals surface area (Å²) >= 11 is 5.95. The number of anilines is 1. The molecule has 31 heavy (non-hydrogen) atoms. The number of nitrogens with one attached hydrogen (secondary N) is 2. The molecule has 4 N–H and O–H groups in total. The number of alkyl halides is 1. The molecule has 3 aromatic heterocycles. The van der Waals surface area contributed by atoms with E-state index in [0.717, 1.165) is 0 Å². The fourth-order valence-electron chi connectivity index (χ4n) is 2.77. The van der Waals surface area contributed by atoms with E-state index < -0.39 is 17.7 Å². The van der Waals surface area contributed by atoms with Crippen molar-refractivity contribution in [1.82, 2.24) is 24.9 Å². The Morgan fingerprint density at radius 3 is 2.74 bits per heavy atom. The molecule has 0 radical (unpaired) electrons. The SMILES string of the molecule is C[C@@H](CO)Nc1cc(-c2cnn3cc(Cl)cnc23)ncc1C(=O)NC[C@@H](F)C(C)(C)O. The van der Waals surface area contributed by atoms with Crippen molar-refractivity contribution in [2.24, 2.45) is 0 Å². The van der Waals surface area contributed by atoms with Crippen molar-refractivity contribution in [2.75, 3.05) is 18.5 Å². The minimum atomic E-state index is -1.65. The van der Waals surface area contributed by atoms with Crippen molar-refractivity contribution >= 4 is 28.8 Å². The highest BCUT2D eigenvalue weighted by Gasteiger charge is 2.27. The lowest BCUT2D eigenvalue weighted by atomic mass is 10.0.